The lowest BCUT2D eigenvalue weighted by atomic mass is 9.88. The summed E-state index contributed by atoms with van der Waals surface area (Å²) in [6.07, 6.45) is 0. The molecule has 0 radical (unpaired) electrons. The molecule has 1 aromatic carbocycles. The van der Waals surface area contributed by atoms with Crippen molar-refractivity contribution in [1.29, 1.82) is 0 Å². The summed E-state index contributed by atoms with van der Waals surface area (Å²) >= 11 is 0. The molecule has 144 valence electrons. The first kappa shape index (κ1) is 20.5. The molecule has 26 heavy (non-hydrogen) atoms. The Hall–Kier alpha value is -1.79. The van der Waals surface area contributed by atoms with E-state index >= 15 is 0 Å². The molecular formula is C19H28ClN3O3. The highest BCUT2D eigenvalue weighted by Gasteiger charge is 2.33. The normalized spacial score (nSPS) is 18.6. The number of methoxy groups -OCH3 is 1. The van der Waals surface area contributed by atoms with Gasteiger partial charge in [0, 0.05) is 37.7 Å². The Morgan fingerprint density at radius 2 is 1.77 bits per heavy atom. The van der Waals surface area contributed by atoms with E-state index in [2.05, 4.69) is 5.32 Å². The molecule has 0 aromatic heterocycles. The third-order valence-corrected chi connectivity index (χ3v) is 5.44. The lowest BCUT2D eigenvalue weighted by Crippen LogP contribution is -2.55. The molecule has 7 heteroatoms. The van der Waals surface area contributed by atoms with Crippen molar-refractivity contribution in [1.82, 2.24) is 15.1 Å². The summed E-state index contributed by atoms with van der Waals surface area (Å²) in [4.78, 5) is 29.0. The second-order valence-electron chi connectivity index (χ2n) is 7.01. The lowest BCUT2D eigenvalue weighted by molar-refractivity contribution is -0.138. The molecule has 0 saturated carbocycles. The van der Waals surface area contributed by atoms with Crippen molar-refractivity contribution in [3.05, 3.63) is 29.3 Å². The molecule has 1 aromatic rings. The Morgan fingerprint density at radius 1 is 1.15 bits per heavy atom. The SMILES string of the molecule is COc1cc(C(=O)N2CCN(C(=O)C(C)C3CNC3)CC2)ccc1C.Cl. The number of halogens is 1. The predicted octanol–water partition coefficient (Wildman–Crippen LogP) is 1.57. The summed E-state index contributed by atoms with van der Waals surface area (Å²) in [6.45, 7) is 8.21. The van der Waals surface area contributed by atoms with Gasteiger partial charge in [0.05, 0.1) is 7.11 Å². The van der Waals surface area contributed by atoms with E-state index in [1.807, 2.05) is 35.8 Å². The second-order valence-corrected chi connectivity index (χ2v) is 7.01. The van der Waals surface area contributed by atoms with Crippen LogP contribution < -0.4 is 10.1 Å². The van der Waals surface area contributed by atoms with E-state index in [1.54, 1.807) is 13.2 Å². The number of hydrogen-bond acceptors (Lipinski definition) is 4. The maximum Gasteiger partial charge on any atom is 0.254 e. The van der Waals surface area contributed by atoms with Gasteiger partial charge in [-0.2, -0.15) is 0 Å². The number of amides is 2. The summed E-state index contributed by atoms with van der Waals surface area (Å²) in [6, 6.07) is 5.53. The van der Waals surface area contributed by atoms with Crippen molar-refractivity contribution in [2.45, 2.75) is 13.8 Å². The van der Waals surface area contributed by atoms with Gasteiger partial charge in [0.15, 0.2) is 0 Å². The van der Waals surface area contributed by atoms with E-state index in [0.717, 1.165) is 24.4 Å². The first-order valence-electron chi connectivity index (χ1n) is 8.94. The number of ether oxygens (including phenoxy) is 1. The van der Waals surface area contributed by atoms with Crippen LogP contribution in [-0.4, -0.2) is 68.0 Å². The molecular weight excluding hydrogens is 354 g/mol. The van der Waals surface area contributed by atoms with Gasteiger partial charge in [-0.05, 0) is 43.6 Å². The summed E-state index contributed by atoms with van der Waals surface area (Å²) in [5.41, 5.74) is 1.64. The Bertz CT molecular complexity index is 655. The topological polar surface area (TPSA) is 61.9 Å². The molecule has 2 fully saturated rings. The molecule has 2 saturated heterocycles. The number of carbonyl (C=O) groups is 2. The number of aryl methyl sites for hydroxylation is 1. The van der Waals surface area contributed by atoms with E-state index < -0.39 is 0 Å². The van der Waals surface area contributed by atoms with Crippen molar-refractivity contribution < 1.29 is 14.3 Å². The Morgan fingerprint density at radius 3 is 2.31 bits per heavy atom. The number of hydrogen-bond donors (Lipinski definition) is 1. The number of nitrogens with one attached hydrogen (secondary N) is 1. The van der Waals surface area contributed by atoms with E-state index in [0.29, 0.717) is 37.7 Å². The Balaban J connectivity index is 0.00000243. The van der Waals surface area contributed by atoms with Crippen LogP contribution in [0, 0.1) is 18.8 Å². The fraction of sp³-hybridized carbons (Fsp3) is 0.579. The summed E-state index contributed by atoms with van der Waals surface area (Å²) in [5, 5.41) is 3.22. The van der Waals surface area contributed by atoms with E-state index in [9.17, 15) is 9.59 Å². The molecule has 2 aliphatic heterocycles. The quantitative estimate of drug-likeness (QED) is 0.859. The summed E-state index contributed by atoms with van der Waals surface area (Å²) < 4.78 is 5.31. The summed E-state index contributed by atoms with van der Waals surface area (Å²) in [7, 11) is 1.61. The van der Waals surface area contributed by atoms with Crippen LogP contribution in [-0.2, 0) is 4.79 Å². The first-order valence-corrected chi connectivity index (χ1v) is 8.94. The zero-order chi connectivity index (χ0) is 18.0. The van der Waals surface area contributed by atoms with Crippen molar-refractivity contribution in [3.63, 3.8) is 0 Å². The van der Waals surface area contributed by atoms with Crippen LogP contribution in [0.3, 0.4) is 0 Å². The zero-order valence-electron chi connectivity index (χ0n) is 15.7. The third-order valence-electron chi connectivity index (χ3n) is 5.44. The van der Waals surface area contributed by atoms with Gasteiger partial charge in [-0.1, -0.05) is 13.0 Å². The van der Waals surface area contributed by atoms with Crippen LogP contribution >= 0.6 is 12.4 Å². The highest BCUT2D eigenvalue weighted by Crippen LogP contribution is 2.22. The molecule has 0 spiro atoms. The fourth-order valence-corrected chi connectivity index (χ4v) is 3.42. The second kappa shape index (κ2) is 8.73. The maximum absolute atomic E-state index is 12.7. The Kier molecular flexibility index (Phi) is 6.89. The highest BCUT2D eigenvalue weighted by atomic mass is 35.5. The van der Waals surface area contributed by atoms with Crippen LogP contribution in [0.15, 0.2) is 18.2 Å². The van der Waals surface area contributed by atoms with Gasteiger partial charge >= 0.3 is 0 Å². The number of piperazine rings is 1. The number of nitrogens with zero attached hydrogens (tertiary/aromatic N) is 2. The third kappa shape index (κ3) is 4.13. The molecule has 1 unspecified atom stereocenters. The smallest absolute Gasteiger partial charge is 0.254 e. The molecule has 0 bridgehead atoms. The summed E-state index contributed by atoms with van der Waals surface area (Å²) in [5.74, 6) is 1.46. The van der Waals surface area contributed by atoms with E-state index in [4.69, 9.17) is 4.74 Å². The van der Waals surface area contributed by atoms with Gasteiger partial charge in [0.1, 0.15) is 5.75 Å². The molecule has 1 N–H and O–H groups in total. The van der Waals surface area contributed by atoms with Gasteiger partial charge in [0.2, 0.25) is 5.91 Å². The van der Waals surface area contributed by atoms with Crippen LogP contribution in [0.25, 0.3) is 0 Å². The van der Waals surface area contributed by atoms with Gasteiger partial charge < -0.3 is 19.9 Å². The number of carbonyl (C=O) groups excluding carboxylic acids is 2. The molecule has 6 nitrogen and oxygen atoms in total. The van der Waals surface area contributed by atoms with Gasteiger partial charge in [-0.3, -0.25) is 9.59 Å². The van der Waals surface area contributed by atoms with Gasteiger partial charge in [-0.25, -0.2) is 0 Å². The molecule has 3 rings (SSSR count). The Labute approximate surface area is 161 Å². The standard InChI is InChI=1S/C19H27N3O3.ClH/c1-13-4-5-15(10-17(13)25-3)19(24)22-8-6-21(7-9-22)18(23)14(2)16-11-20-12-16;/h4-5,10,14,16,20H,6-9,11-12H2,1-3H3;1H. The first-order chi connectivity index (χ1) is 12.0. The lowest BCUT2D eigenvalue weighted by Gasteiger charge is -2.39. The monoisotopic (exact) mass is 381 g/mol. The van der Waals surface area contributed by atoms with Crippen molar-refractivity contribution in [2.75, 3.05) is 46.4 Å². The average molecular weight is 382 g/mol. The molecule has 1 atom stereocenters. The largest absolute Gasteiger partial charge is 0.496 e. The zero-order valence-corrected chi connectivity index (χ0v) is 16.5. The van der Waals surface area contributed by atoms with E-state index in [1.165, 1.54) is 0 Å². The van der Waals surface area contributed by atoms with Crippen LogP contribution in [0.4, 0.5) is 0 Å². The predicted molar refractivity (Wildman–Crippen MR) is 103 cm³/mol. The van der Waals surface area contributed by atoms with Gasteiger partial charge in [0.25, 0.3) is 5.91 Å². The van der Waals surface area contributed by atoms with E-state index in [-0.39, 0.29) is 30.1 Å². The number of benzene rings is 1. The average Bonchev–Trinajstić information content (AvgIpc) is 2.59. The van der Waals surface area contributed by atoms with Crippen LogP contribution in [0.1, 0.15) is 22.8 Å². The van der Waals surface area contributed by atoms with Crippen molar-refractivity contribution >= 4 is 24.2 Å². The van der Waals surface area contributed by atoms with Crippen LogP contribution in [0.5, 0.6) is 5.75 Å². The molecule has 2 amide bonds. The van der Waals surface area contributed by atoms with Gasteiger partial charge in [-0.15, -0.1) is 12.4 Å². The van der Waals surface area contributed by atoms with Crippen molar-refractivity contribution in [3.8, 4) is 5.75 Å². The van der Waals surface area contributed by atoms with Crippen molar-refractivity contribution in [2.24, 2.45) is 11.8 Å². The molecule has 0 aliphatic carbocycles. The minimum Gasteiger partial charge on any atom is -0.496 e. The minimum atomic E-state index is 0. The number of rotatable bonds is 4. The molecule has 2 aliphatic rings. The molecule has 2 heterocycles. The minimum absolute atomic E-state index is 0. The maximum atomic E-state index is 12.7. The fourth-order valence-electron chi connectivity index (χ4n) is 3.42. The van der Waals surface area contributed by atoms with Crippen LogP contribution in [0.2, 0.25) is 0 Å². The highest BCUT2D eigenvalue weighted by molar-refractivity contribution is 5.95.